The van der Waals surface area contributed by atoms with E-state index in [0.29, 0.717) is 27.2 Å². The van der Waals surface area contributed by atoms with Crippen molar-refractivity contribution in [3.63, 3.8) is 0 Å². The van der Waals surface area contributed by atoms with E-state index in [-0.39, 0.29) is 5.75 Å². The Morgan fingerprint density at radius 3 is 2.08 bits per heavy atom. The Labute approximate surface area is 145 Å². The second-order valence-electron chi connectivity index (χ2n) is 4.55. The van der Waals surface area contributed by atoms with Gasteiger partial charge in [-0.1, -0.05) is 0 Å². The standard InChI is InChI=1S/C16H14BrF2NO4/c1-22-12-7-9(8-13(23-2)14(12)17)15(21)20-10-3-5-11(6-4-10)24-16(18)19/h3-8,16H,1-2H3,(H,20,21). The number of rotatable bonds is 6. The largest absolute Gasteiger partial charge is 0.495 e. The summed E-state index contributed by atoms with van der Waals surface area (Å²) in [6.45, 7) is -2.90. The van der Waals surface area contributed by atoms with Crippen LogP contribution in [-0.4, -0.2) is 26.7 Å². The third-order valence-corrected chi connectivity index (χ3v) is 3.83. The number of nitrogens with one attached hydrogen (secondary N) is 1. The van der Waals surface area contributed by atoms with Gasteiger partial charge in [0.2, 0.25) is 0 Å². The normalized spacial score (nSPS) is 10.4. The quantitative estimate of drug-likeness (QED) is 0.782. The minimum absolute atomic E-state index is 0.00924. The van der Waals surface area contributed by atoms with Crippen LogP contribution in [-0.2, 0) is 0 Å². The Hall–Kier alpha value is -2.35. The number of carbonyl (C=O) groups excluding carboxylic acids is 1. The Bertz CT molecular complexity index is 698. The zero-order valence-corrected chi connectivity index (χ0v) is 14.4. The van der Waals surface area contributed by atoms with Gasteiger partial charge in [0.1, 0.15) is 21.7 Å². The molecule has 0 saturated carbocycles. The van der Waals surface area contributed by atoms with Gasteiger partial charge in [-0.3, -0.25) is 4.79 Å². The highest BCUT2D eigenvalue weighted by Crippen LogP contribution is 2.35. The topological polar surface area (TPSA) is 56.8 Å². The van der Waals surface area contributed by atoms with Crippen molar-refractivity contribution in [3.8, 4) is 17.2 Å². The molecule has 0 radical (unpaired) electrons. The van der Waals surface area contributed by atoms with Gasteiger partial charge in [-0.25, -0.2) is 0 Å². The summed E-state index contributed by atoms with van der Waals surface area (Å²) in [4.78, 5) is 12.3. The highest BCUT2D eigenvalue weighted by molar-refractivity contribution is 9.10. The zero-order chi connectivity index (χ0) is 17.7. The fraction of sp³-hybridized carbons (Fsp3) is 0.188. The van der Waals surface area contributed by atoms with Crippen LogP contribution in [0.5, 0.6) is 17.2 Å². The maximum absolute atomic E-state index is 12.3. The van der Waals surface area contributed by atoms with Crippen LogP contribution in [0.1, 0.15) is 10.4 Å². The summed E-state index contributed by atoms with van der Waals surface area (Å²) in [6.07, 6.45) is 0. The van der Waals surface area contributed by atoms with Crippen molar-refractivity contribution in [2.24, 2.45) is 0 Å². The lowest BCUT2D eigenvalue weighted by Crippen LogP contribution is -2.12. The Morgan fingerprint density at radius 2 is 1.62 bits per heavy atom. The first-order valence-electron chi connectivity index (χ1n) is 6.72. The van der Waals surface area contributed by atoms with Crippen LogP contribution in [0, 0.1) is 0 Å². The second kappa shape index (κ2) is 7.96. The first-order chi connectivity index (χ1) is 11.4. The summed E-state index contributed by atoms with van der Waals surface area (Å²) in [5, 5.41) is 2.65. The number of methoxy groups -OCH3 is 2. The van der Waals surface area contributed by atoms with Crippen LogP contribution in [0.4, 0.5) is 14.5 Å². The predicted molar refractivity (Wildman–Crippen MR) is 88.3 cm³/mol. The molecule has 2 rings (SSSR count). The van der Waals surface area contributed by atoms with Crippen molar-refractivity contribution in [1.82, 2.24) is 0 Å². The van der Waals surface area contributed by atoms with E-state index in [1.807, 2.05) is 0 Å². The van der Waals surface area contributed by atoms with Gasteiger partial charge >= 0.3 is 6.61 Å². The molecule has 8 heteroatoms. The number of anilines is 1. The van der Waals surface area contributed by atoms with E-state index in [1.165, 1.54) is 38.5 Å². The number of carbonyl (C=O) groups is 1. The summed E-state index contributed by atoms with van der Waals surface area (Å²) >= 11 is 3.32. The van der Waals surface area contributed by atoms with Crippen molar-refractivity contribution in [1.29, 1.82) is 0 Å². The van der Waals surface area contributed by atoms with Gasteiger partial charge in [0.25, 0.3) is 5.91 Å². The molecule has 2 aromatic carbocycles. The van der Waals surface area contributed by atoms with Crippen molar-refractivity contribution in [3.05, 3.63) is 46.4 Å². The molecule has 24 heavy (non-hydrogen) atoms. The Kier molecular flexibility index (Phi) is 5.97. The van der Waals surface area contributed by atoms with Crippen molar-refractivity contribution >= 4 is 27.5 Å². The Morgan fingerprint density at radius 1 is 1.08 bits per heavy atom. The molecule has 0 heterocycles. The molecule has 0 aromatic heterocycles. The molecule has 128 valence electrons. The zero-order valence-electron chi connectivity index (χ0n) is 12.8. The predicted octanol–water partition coefficient (Wildman–Crippen LogP) is 4.32. The molecular weight excluding hydrogens is 388 g/mol. The smallest absolute Gasteiger partial charge is 0.387 e. The second-order valence-corrected chi connectivity index (χ2v) is 5.34. The third-order valence-electron chi connectivity index (χ3n) is 3.05. The molecule has 0 fully saturated rings. The molecule has 0 aliphatic heterocycles. The molecule has 1 N–H and O–H groups in total. The van der Waals surface area contributed by atoms with Crippen LogP contribution < -0.4 is 19.5 Å². The molecular formula is C16H14BrF2NO4. The number of ether oxygens (including phenoxy) is 3. The molecule has 0 saturated heterocycles. The number of amides is 1. The van der Waals surface area contributed by atoms with Gasteiger partial charge in [-0.2, -0.15) is 8.78 Å². The molecule has 1 amide bonds. The van der Waals surface area contributed by atoms with Crippen molar-refractivity contribution < 1.29 is 27.8 Å². The molecule has 0 aliphatic carbocycles. The number of benzene rings is 2. The van der Waals surface area contributed by atoms with Crippen molar-refractivity contribution in [2.75, 3.05) is 19.5 Å². The first-order valence-corrected chi connectivity index (χ1v) is 7.51. The lowest BCUT2D eigenvalue weighted by atomic mass is 10.1. The lowest BCUT2D eigenvalue weighted by Gasteiger charge is -2.12. The lowest BCUT2D eigenvalue weighted by molar-refractivity contribution is -0.0498. The molecule has 0 unspecified atom stereocenters. The average Bonchev–Trinajstić information content (AvgIpc) is 2.56. The van der Waals surface area contributed by atoms with E-state index in [2.05, 4.69) is 26.0 Å². The highest BCUT2D eigenvalue weighted by Gasteiger charge is 2.15. The summed E-state index contributed by atoms with van der Waals surface area (Å²) in [5.74, 6) is 0.497. The maximum Gasteiger partial charge on any atom is 0.387 e. The Balaban J connectivity index is 2.17. The van der Waals surface area contributed by atoms with E-state index in [1.54, 1.807) is 12.1 Å². The molecule has 0 spiro atoms. The minimum Gasteiger partial charge on any atom is -0.495 e. The highest BCUT2D eigenvalue weighted by atomic mass is 79.9. The van der Waals surface area contributed by atoms with Crippen LogP contribution in [0.3, 0.4) is 0 Å². The van der Waals surface area contributed by atoms with E-state index in [4.69, 9.17) is 9.47 Å². The fourth-order valence-corrected chi connectivity index (χ4v) is 2.48. The summed E-state index contributed by atoms with van der Waals surface area (Å²) < 4.78 is 39.4. The SMILES string of the molecule is COc1cc(C(=O)Nc2ccc(OC(F)F)cc2)cc(OC)c1Br. The van der Waals surface area contributed by atoms with E-state index in [0.717, 1.165) is 0 Å². The number of alkyl halides is 2. The van der Waals surface area contributed by atoms with Crippen molar-refractivity contribution in [2.45, 2.75) is 6.61 Å². The molecule has 0 bridgehead atoms. The molecule has 0 aliphatic rings. The fourth-order valence-electron chi connectivity index (χ4n) is 1.92. The van der Waals surface area contributed by atoms with Gasteiger partial charge in [0.05, 0.1) is 14.2 Å². The molecule has 5 nitrogen and oxygen atoms in total. The summed E-state index contributed by atoms with van der Waals surface area (Å²) in [6, 6.07) is 8.70. The number of hydrogen-bond acceptors (Lipinski definition) is 4. The van der Waals surface area contributed by atoms with Gasteiger partial charge < -0.3 is 19.5 Å². The molecule has 0 atom stereocenters. The van der Waals surface area contributed by atoms with E-state index >= 15 is 0 Å². The number of hydrogen-bond donors (Lipinski definition) is 1. The van der Waals surface area contributed by atoms with Crippen LogP contribution >= 0.6 is 15.9 Å². The average molecular weight is 402 g/mol. The third kappa shape index (κ3) is 4.35. The maximum atomic E-state index is 12.3. The van der Waals surface area contributed by atoms with Crippen LogP contribution in [0.2, 0.25) is 0 Å². The minimum atomic E-state index is -2.90. The van der Waals surface area contributed by atoms with Gasteiger partial charge in [0, 0.05) is 11.3 Å². The van der Waals surface area contributed by atoms with E-state index in [9.17, 15) is 13.6 Å². The van der Waals surface area contributed by atoms with Crippen LogP contribution in [0.25, 0.3) is 0 Å². The van der Waals surface area contributed by atoms with Gasteiger partial charge in [-0.15, -0.1) is 0 Å². The summed E-state index contributed by atoms with van der Waals surface area (Å²) in [7, 11) is 2.95. The summed E-state index contributed by atoms with van der Waals surface area (Å²) in [5.41, 5.74) is 0.752. The molecule has 2 aromatic rings. The first kappa shape index (κ1) is 18.0. The van der Waals surface area contributed by atoms with Crippen LogP contribution in [0.15, 0.2) is 40.9 Å². The monoisotopic (exact) mass is 401 g/mol. The van der Waals surface area contributed by atoms with E-state index < -0.39 is 12.5 Å². The van der Waals surface area contributed by atoms with Gasteiger partial charge in [-0.05, 0) is 52.3 Å². The number of halogens is 3. The van der Waals surface area contributed by atoms with Gasteiger partial charge in [0.15, 0.2) is 0 Å².